The molecule has 0 spiro atoms. The van der Waals surface area contributed by atoms with E-state index in [0.717, 1.165) is 17.5 Å². The van der Waals surface area contributed by atoms with E-state index >= 15 is 0 Å². The molecule has 7 heteroatoms. The molecule has 0 bridgehead atoms. The maximum Gasteiger partial charge on any atom is 0.295 e. The lowest BCUT2D eigenvalue weighted by Crippen LogP contribution is -2.30. The van der Waals surface area contributed by atoms with Crippen molar-refractivity contribution in [1.82, 2.24) is 4.90 Å². The minimum Gasteiger partial charge on any atom is -0.507 e. The second-order valence-electron chi connectivity index (χ2n) is 6.89. The lowest BCUT2D eigenvalue weighted by atomic mass is 9.94. The zero-order valence-corrected chi connectivity index (χ0v) is 16.3. The van der Waals surface area contributed by atoms with Crippen molar-refractivity contribution in [3.05, 3.63) is 80.9 Å². The second-order valence-corrected chi connectivity index (χ2v) is 6.89. The average Bonchev–Trinajstić information content (AvgIpc) is 2.98. The van der Waals surface area contributed by atoms with Gasteiger partial charge in [-0.05, 0) is 36.1 Å². The van der Waals surface area contributed by atoms with E-state index in [1.54, 1.807) is 0 Å². The number of likely N-dealkylation sites (tertiary alicyclic amines) is 1. The van der Waals surface area contributed by atoms with E-state index in [0.29, 0.717) is 13.0 Å². The Morgan fingerprint density at radius 2 is 1.69 bits per heavy atom. The van der Waals surface area contributed by atoms with E-state index in [1.165, 1.54) is 29.2 Å². The van der Waals surface area contributed by atoms with Gasteiger partial charge in [-0.3, -0.25) is 19.7 Å². The molecule has 29 heavy (non-hydrogen) atoms. The minimum absolute atomic E-state index is 0.00144. The Labute approximate surface area is 168 Å². The first-order valence-electron chi connectivity index (χ1n) is 9.51. The van der Waals surface area contributed by atoms with E-state index in [-0.39, 0.29) is 22.6 Å². The van der Waals surface area contributed by atoms with Gasteiger partial charge in [-0.25, -0.2) is 0 Å². The van der Waals surface area contributed by atoms with Gasteiger partial charge in [0.15, 0.2) is 0 Å². The first-order chi connectivity index (χ1) is 13.9. The maximum absolute atomic E-state index is 12.8. The molecule has 2 aromatic carbocycles. The molecule has 0 radical (unpaired) electrons. The number of benzene rings is 2. The lowest BCUT2D eigenvalue weighted by molar-refractivity contribution is -0.384. The van der Waals surface area contributed by atoms with Crippen LogP contribution in [0, 0.1) is 10.1 Å². The molecule has 1 heterocycles. The number of carbonyl (C=O) groups is 2. The third kappa shape index (κ3) is 3.76. The molecule has 1 amide bonds. The summed E-state index contributed by atoms with van der Waals surface area (Å²) in [4.78, 5) is 37.2. The Morgan fingerprint density at radius 3 is 2.21 bits per heavy atom. The lowest BCUT2D eigenvalue weighted by Gasteiger charge is -2.25. The Bertz CT molecular complexity index is 977. The van der Waals surface area contributed by atoms with Crippen LogP contribution in [0.25, 0.3) is 5.76 Å². The fourth-order valence-electron chi connectivity index (χ4n) is 3.53. The standard InChI is InChI=1S/C22H22N2O5/c1-3-13-23-19(15-7-5-14(4-2)6-8-15)18(21(26)22(23)27)20(25)16-9-11-17(12-10-16)24(28)29/h5-12,19,25H,3-4,13H2,1-2H3/b20-18-. The Kier molecular flexibility index (Phi) is 5.77. The van der Waals surface area contributed by atoms with Gasteiger partial charge in [-0.15, -0.1) is 0 Å². The number of rotatable bonds is 6. The van der Waals surface area contributed by atoms with Crippen molar-refractivity contribution < 1.29 is 19.6 Å². The molecule has 1 aliphatic rings. The van der Waals surface area contributed by atoms with Gasteiger partial charge in [0.2, 0.25) is 0 Å². The number of non-ortho nitro benzene ring substituents is 1. The van der Waals surface area contributed by atoms with E-state index in [9.17, 15) is 24.8 Å². The first kappa shape index (κ1) is 20.3. The monoisotopic (exact) mass is 394 g/mol. The van der Waals surface area contributed by atoms with Gasteiger partial charge in [0.1, 0.15) is 5.76 Å². The van der Waals surface area contributed by atoms with Gasteiger partial charge in [-0.2, -0.15) is 0 Å². The van der Waals surface area contributed by atoms with Crippen molar-refractivity contribution in [1.29, 1.82) is 0 Å². The van der Waals surface area contributed by atoms with E-state index in [4.69, 9.17) is 0 Å². The highest BCUT2D eigenvalue weighted by molar-refractivity contribution is 6.46. The van der Waals surface area contributed by atoms with Crippen LogP contribution < -0.4 is 0 Å². The van der Waals surface area contributed by atoms with Crippen molar-refractivity contribution >= 4 is 23.1 Å². The van der Waals surface area contributed by atoms with Crippen molar-refractivity contribution in [2.24, 2.45) is 0 Å². The molecule has 2 aromatic rings. The van der Waals surface area contributed by atoms with Crippen LogP contribution in [0.1, 0.15) is 43.0 Å². The third-order valence-corrected chi connectivity index (χ3v) is 5.06. The number of hydrogen-bond donors (Lipinski definition) is 1. The molecule has 150 valence electrons. The molecule has 1 fully saturated rings. The third-order valence-electron chi connectivity index (χ3n) is 5.06. The SMILES string of the molecule is CCCN1C(=O)C(=O)/C(=C(\O)c2ccc([N+](=O)[O-])cc2)C1c1ccc(CC)cc1. The first-order valence-corrected chi connectivity index (χ1v) is 9.51. The normalized spacial score (nSPS) is 18.3. The number of hydrogen-bond acceptors (Lipinski definition) is 5. The highest BCUT2D eigenvalue weighted by Gasteiger charge is 2.45. The number of aliphatic hydroxyl groups excluding tert-OH is 1. The smallest absolute Gasteiger partial charge is 0.295 e. The molecule has 7 nitrogen and oxygen atoms in total. The van der Waals surface area contributed by atoms with Gasteiger partial charge in [-0.1, -0.05) is 38.1 Å². The van der Waals surface area contributed by atoms with Gasteiger partial charge in [0, 0.05) is 24.2 Å². The number of carbonyl (C=O) groups excluding carboxylic acids is 2. The number of ketones is 1. The van der Waals surface area contributed by atoms with Gasteiger partial charge in [0.25, 0.3) is 17.4 Å². The fraction of sp³-hybridized carbons (Fsp3) is 0.273. The summed E-state index contributed by atoms with van der Waals surface area (Å²) in [6.07, 6.45) is 1.52. The predicted octanol–water partition coefficient (Wildman–Crippen LogP) is 3.99. The molecular formula is C22H22N2O5. The molecule has 0 saturated carbocycles. The number of Topliss-reactive ketones (excluding diaryl/α,β-unsaturated/α-hetero) is 1. The van der Waals surface area contributed by atoms with Crippen LogP contribution in [0.5, 0.6) is 0 Å². The van der Waals surface area contributed by atoms with E-state index in [1.807, 2.05) is 38.1 Å². The van der Waals surface area contributed by atoms with E-state index in [2.05, 4.69) is 0 Å². The van der Waals surface area contributed by atoms with Gasteiger partial charge >= 0.3 is 0 Å². The topological polar surface area (TPSA) is 101 Å². The summed E-state index contributed by atoms with van der Waals surface area (Å²) in [6, 6.07) is 12.2. The highest BCUT2D eigenvalue weighted by atomic mass is 16.6. The van der Waals surface area contributed by atoms with Gasteiger partial charge < -0.3 is 10.0 Å². The number of nitrogens with zero attached hydrogens (tertiary/aromatic N) is 2. The minimum atomic E-state index is -0.751. The van der Waals surface area contributed by atoms with Gasteiger partial charge in [0.05, 0.1) is 16.5 Å². The highest BCUT2D eigenvalue weighted by Crippen LogP contribution is 2.39. The molecule has 1 atom stereocenters. The summed E-state index contributed by atoms with van der Waals surface area (Å²) in [5, 5.41) is 21.7. The number of amides is 1. The van der Waals surface area contributed by atoms with E-state index < -0.39 is 22.7 Å². The van der Waals surface area contributed by atoms with Crippen molar-refractivity contribution in [2.45, 2.75) is 32.7 Å². The average molecular weight is 394 g/mol. The summed E-state index contributed by atoms with van der Waals surface area (Å²) in [5.41, 5.74) is 1.98. The quantitative estimate of drug-likeness (QED) is 0.262. The van der Waals surface area contributed by atoms with Crippen LogP contribution >= 0.6 is 0 Å². The molecule has 1 unspecified atom stereocenters. The Morgan fingerprint density at radius 1 is 1.07 bits per heavy atom. The zero-order chi connectivity index (χ0) is 21.1. The molecule has 0 aliphatic carbocycles. The van der Waals surface area contributed by atoms with Crippen LogP contribution in [0.3, 0.4) is 0 Å². The molecular weight excluding hydrogens is 372 g/mol. The van der Waals surface area contributed by atoms with Crippen LogP contribution in [0.4, 0.5) is 5.69 Å². The Balaban J connectivity index is 2.13. The van der Waals surface area contributed by atoms with Crippen molar-refractivity contribution in [3.63, 3.8) is 0 Å². The van der Waals surface area contributed by atoms with Crippen LogP contribution in [-0.2, 0) is 16.0 Å². The van der Waals surface area contributed by atoms with Crippen LogP contribution in [0.2, 0.25) is 0 Å². The summed E-state index contributed by atoms with van der Waals surface area (Å²) in [6.45, 7) is 4.32. The second kappa shape index (κ2) is 8.26. The number of nitro benzene ring substituents is 1. The Hall–Kier alpha value is -3.48. The van der Waals surface area contributed by atoms with Crippen LogP contribution in [0.15, 0.2) is 54.1 Å². The largest absolute Gasteiger partial charge is 0.507 e. The number of aliphatic hydroxyl groups is 1. The van der Waals surface area contributed by atoms with Crippen LogP contribution in [-0.4, -0.2) is 33.2 Å². The summed E-state index contributed by atoms with van der Waals surface area (Å²) in [5.74, 6) is -1.74. The molecule has 0 aromatic heterocycles. The number of nitro groups is 1. The van der Waals surface area contributed by atoms with Crippen molar-refractivity contribution in [3.8, 4) is 0 Å². The predicted molar refractivity (Wildman–Crippen MR) is 108 cm³/mol. The fourth-order valence-corrected chi connectivity index (χ4v) is 3.53. The summed E-state index contributed by atoms with van der Waals surface area (Å²) >= 11 is 0. The molecule has 1 N–H and O–H groups in total. The summed E-state index contributed by atoms with van der Waals surface area (Å²) < 4.78 is 0. The maximum atomic E-state index is 12.8. The molecule has 1 saturated heterocycles. The molecule has 3 rings (SSSR count). The number of aryl methyl sites for hydroxylation is 1. The molecule has 1 aliphatic heterocycles. The summed E-state index contributed by atoms with van der Waals surface area (Å²) in [7, 11) is 0. The zero-order valence-electron chi connectivity index (χ0n) is 16.3. The van der Waals surface area contributed by atoms with Crippen molar-refractivity contribution in [2.75, 3.05) is 6.54 Å².